The molecule has 0 saturated carbocycles. The molecule has 5 nitrogen and oxygen atoms in total. The Hall–Kier alpha value is -3.21. The van der Waals surface area contributed by atoms with Crippen molar-refractivity contribution in [1.82, 2.24) is 9.97 Å². The summed E-state index contributed by atoms with van der Waals surface area (Å²) in [5, 5.41) is 3.25. The maximum atomic E-state index is 11.3. The molecular formula is C19H18N4O. The van der Waals surface area contributed by atoms with Gasteiger partial charge >= 0.3 is 0 Å². The van der Waals surface area contributed by atoms with E-state index >= 15 is 0 Å². The van der Waals surface area contributed by atoms with Gasteiger partial charge < -0.3 is 11.1 Å². The van der Waals surface area contributed by atoms with E-state index in [0.717, 1.165) is 22.4 Å². The lowest BCUT2D eigenvalue weighted by molar-refractivity contribution is 0.1000. The van der Waals surface area contributed by atoms with E-state index < -0.39 is 5.91 Å². The van der Waals surface area contributed by atoms with Gasteiger partial charge in [0.15, 0.2) is 0 Å². The lowest BCUT2D eigenvalue weighted by Crippen LogP contribution is -2.12. The van der Waals surface area contributed by atoms with Crippen molar-refractivity contribution < 1.29 is 4.79 Å². The van der Waals surface area contributed by atoms with E-state index in [-0.39, 0.29) is 0 Å². The largest absolute Gasteiger partial charge is 0.366 e. The molecule has 0 saturated heterocycles. The van der Waals surface area contributed by atoms with E-state index in [1.807, 2.05) is 43.3 Å². The van der Waals surface area contributed by atoms with Crippen LogP contribution in [0.2, 0.25) is 0 Å². The number of rotatable bonds is 5. The quantitative estimate of drug-likeness (QED) is 0.757. The molecule has 0 aliphatic carbocycles. The Morgan fingerprint density at radius 2 is 1.92 bits per heavy atom. The summed E-state index contributed by atoms with van der Waals surface area (Å²) in [6.45, 7) is 2.54. The van der Waals surface area contributed by atoms with Crippen LogP contribution in [0.25, 0.3) is 11.3 Å². The Kier molecular flexibility index (Phi) is 4.52. The van der Waals surface area contributed by atoms with Crippen LogP contribution in [0.1, 0.15) is 21.5 Å². The van der Waals surface area contributed by atoms with E-state index in [4.69, 9.17) is 5.73 Å². The van der Waals surface area contributed by atoms with Crippen LogP contribution in [0.15, 0.2) is 60.9 Å². The number of nitrogens with zero attached hydrogens (tertiary/aromatic N) is 2. The third kappa shape index (κ3) is 3.57. The summed E-state index contributed by atoms with van der Waals surface area (Å²) in [6.07, 6.45) is 3.42. The number of aromatic nitrogens is 2. The maximum absolute atomic E-state index is 11.3. The number of aryl methyl sites for hydroxylation is 1. The maximum Gasteiger partial charge on any atom is 0.248 e. The molecule has 120 valence electrons. The first-order chi connectivity index (χ1) is 11.6. The molecule has 2 aromatic carbocycles. The molecule has 0 atom stereocenters. The Labute approximate surface area is 140 Å². The third-order valence-corrected chi connectivity index (χ3v) is 3.80. The second kappa shape index (κ2) is 6.91. The molecule has 3 N–H and O–H groups in total. The number of benzene rings is 2. The minimum atomic E-state index is -0.429. The zero-order valence-electron chi connectivity index (χ0n) is 13.4. The monoisotopic (exact) mass is 318 g/mol. The van der Waals surface area contributed by atoms with Crippen molar-refractivity contribution in [3.8, 4) is 11.3 Å². The zero-order valence-corrected chi connectivity index (χ0v) is 13.4. The highest BCUT2D eigenvalue weighted by Gasteiger charge is 2.06. The fraction of sp³-hybridized carbons (Fsp3) is 0.105. The lowest BCUT2D eigenvalue weighted by Gasteiger charge is -2.10. The minimum Gasteiger partial charge on any atom is -0.366 e. The number of carbonyl (C=O) groups is 1. The van der Waals surface area contributed by atoms with Crippen molar-refractivity contribution in [1.29, 1.82) is 0 Å². The van der Waals surface area contributed by atoms with Crippen LogP contribution in [-0.4, -0.2) is 15.9 Å². The van der Waals surface area contributed by atoms with E-state index in [0.29, 0.717) is 17.9 Å². The average Bonchev–Trinajstić information content (AvgIpc) is 2.62. The number of hydrogen-bond donors (Lipinski definition) is 2. The molecule has 0 aliphatic rings. The first-order valence-corrected chi connectivity index (χ1v) is 7.64. The fourth-order valence-electron chi connectivity index (χ4n) is 2.40. The molecule has 0 spiro atoms. The first-order valence-electron chi connectivity index (χ1n) is 7.64. The predicted octanol–water partition coefficient (Wildman–Crippen LogP) is 3.16. The molecule has 24 heavy (non-hydrogen) atoms. The van der Waals surface area contributed by atoms with Gasteiger partial charge in [-0.3, -0.25) is 9.78 Å². The zero-order chi connectivity index (χ0) is 16.9. The topological polar surface area (TPSA) is 80.9 Å². The Bertz CT molecular complexity index is 862. The second-order valence-electron chi connectivity index (χ2n) is 5.51. The summed E-state index contributed by atoms with van der Waals surface area (Å²) in [5.41, 5.74) is 9.75. The highest BCUT2D eigenvalue weighted by Crippen LogP contribution is 2.18. The minimum absolute atomic E-state index is 0.429. The lowest BCUT2D eigenvalue weighted by atomic mass is 10.0. The molecular weight excluding hydrogens is 300 g/mol. The van der Waals surface area contributed by atoms with Crippen LogP contribution < -0.4 is 11.1 Å². The van der Waals surface area contributed by atoms with Gasteiger partial charge in [0.05, 0.1) is 18.1 Å². The second-order valence-corrected chi connectivity index (χ2v) is 5.51. The van der Waals surface area contributed by atoms with Gasteiger partial charge in [0.2, 0.25) is 5.91 Å². The van der Waals surface area contributed by atoms with Crippen LogP contribution in [0.3, 0.4) is 0 Å². The summed E-state index contributed by atoms with van der Waals surface area (Å²) in [5.74, 6) is 0.252. The van der Waals surface area contributed by atoms with Crippen molar-refractivity contribution in [2.45, 2.75) is 13.5 Å². The summed E-state index contributed by atoms with van der Waals surface area (Å²) in [6, 6.07) is 15.3. The van der Waals surface area contributed by atoms with Gasteiger partial charge in [0, 0.05) is 17.7 Å². The standard InChI is InChI=1S/C19H18N4O/c1-13-7-8-15(19(20)24)9-16(13)10-22-18-12-21-11-17(23-18)14-5-3-2-4-6-14/h2-9,11-12H,10H2,1H3,(H2,20,24)(H,22,23). The summed E-state index contributed by atoms with van der Waals surface area (Å²) >= 11 is 0. The van der Waals surface area contributed by atoms with Crippen molar-refractivity contribution in [2.75, 3.05) is 5.32 Å². The van der Waals surface area contributed by atoms with Crippen molar-refractivity contribution in [3.05, 3.63) is 77.6 Å². The van der Waals surface area contributed by atoms with E-state index in [1.165, 1.54) is 0 Å². The fourth-order valence-corrected chi connectivity index (χ4v) is 2.40. The number of hydrogen-bond acceptors (Lipinski definition) is 4. The summed E-state index contributed by atoms with van der Waals surface area (Å²) in [4.78, 5) is 20.1. The number of amides is 1. The molecule has 0 radical (unpaired) electrons. The number of carbonyl (C=O) groups excluding carboxylic acids is 1. The first kappa shape index (κ1) is 15.7. The molecule has 1 heterocycles. The summed E-state index contributed by atoms with van der Waals surface area (Å²) < 4.78 is 0. The van der Waals surface area contributed by atoms with Crippen LogP contribution in [0, 0.1) is 6.92 Å². The molecule has 3 rings (SSSR count). The van der Waals surface area contributed by atoms with Crippen LogP contribution in [-0.2, 0) is 6.54 Å². The number of anilines is 1. The molecule has 1 aromatic heterocycles. The normalized spacial score (nSPS) is 10.4. The highest BCUT2D eigenvalue weighted by molar-refractivity contribution is 5.93. The third-order valence-electron chi connectivity index (χ3n) is 3.80. The molecule has 0 aliphatic heterocycles. The van der Waals surface area contributed by atoms with Crippen molar-refractivity contribution in [3.63, 3.8) is 0 Å². The van der Waals surface area contributed by atoms with E-state index in [1.54, 1.807) is 24.5 Å². The Morgan fingerprint density at radius 3 is 2.67 bits per heavy atom. The molecule has 0 unspecified atom stereocenters. The Balaban J connectivity index is 1.78. The molecule has 5 heteroatoms. The smallest absolute Gasteiger partial charge is 0.248 e. The predicted molar refractivity (Wildman–Crippen MR) is 94.5 cm³/mol. The molecule has 0 bridgehead atoms. The average molecular weight is 318 g/mol. The van der Waals surface area contributed by atoms with E-state index in [9.17, 15) is 4.79 Å². The molecule has 1 amide bonds. The number of nitrogens with two attached hydrogens (primary N) is 1. The van der Waals surface area contributed by atoms with Crippen LogP contribution in [0.5, 0.6) is 0 Å². The van der Waals surface area contributed by atoms with Crippen molar-refractivity contribution >= 4 is 11.7 Å². The number of nitrogens with one attached hydrogen (secondary N) is 1. The van der Waals surface area contributed by atoms with Gasteiger partial charge in [0.1, 0.15) is 5.82 Å². The molecule has 3 aromatic rings. The summed E-state index contributed by atoms with van der Waals surface area (Å²) in [7, 11) is 0. The SMILES string of the molecule is Cc1ccc(C(N)=O)cc1CNc1cncc(-c2ccccc2)n1. The Morgan fingerprint density at radius 1 is 1.12 bits per heavy atom. The van der Waals surface area contributed by atoms with Gasteiger partial charge in [-0.05, 0) is 30.2 Å². The van der Waals surface area contributed by atoms with Gasteiger partial charge in [-0.1, -0.05) is 36.4 Å². The van der Waals surface area contributed by atoms with E-state index in [2.05, 4.69) is 15.3 Å². The highest BCUT2D eigenvalue weighted by atomic mass is 16.1. The van der Waals surface area contributed by atoms with Gasteiger partial charge in [-0.15, -0.1) is 0 Å². The number of primary amides is 1. The van der Waals surface area contributed by atoms with Crippen LogP contribution in [0.4, 0.5) is 5.82 Å². The van der Waals surface area contributed by atoms with Gasteiger partial charge in [0.25, 0.3) is 0 Å². The van der Waals surface area contributed by atoms with Crippen LogP contribution >= 0.6 is 0 Å². The molecule has 0 fully saturated rings. The van der Waals surface area contributed by atoms with Gasteiger partial charge in [-0.25, -0.2) is 4.98 Å². The van der Waals surface area contributed by atoms with Gasteiger partial charge in [-0.2, -0.15) is 0 Å². The van der Waals surface area contributed by atoms with Crippen molar-refractivity contribution in [2.24, 2.45) is 5.73 Å².